The van der Waals surface area contributed by atoms with Crippen molar-refractivity contribution in [2.75, 3.05) is 26.7 Å². The number of hydrogen-bond donors (Lipinski definition) is 2. The third-order valence-corrected chi connectivity index (χ3v) is 7.31. The molecule has 8 heteroatoms. The Hall–Kier alpha value is -3.54. The number of halogens is 2. The van der Waals surface area contributed by atoms with E-state index in [2.05, 4.69) is 21.7 Å². The van der Waals surface area contributed by atoms with Crippen LogP contribution in [0.25, 0.3) is 10.9 Å². The van der Waals surface area contributed by atoms with E-state index >= 15 is 0 Å². The maximum atomic E-state index is 13.9. The quantitative estimate of drug-likeness (QED) is 0.377. The van der Waals surface area contributed by atoms with Gasteiger partial charge in [-0.3, -0.25) is 14.7 Å². The van der Waals surface area contributed by atoms with Crippen molar-refractivity contribution in [1.82, 2.24) is 9.88 Å². The molecular weight excluding hydrogens is 490 g/mol. The van der Waals surface area contributed by atoms with E-state index in [1.165, 1.54) is 12.1 Å². The number of rotatable bonds is 9. The zero-order chi connectivity index (χ0) is 27.1. The predicted octanol–water partition coefficient (Wildman–Crippen LogP) is 5.19. The molecule has 0 bridgehead atoms. The number of aliphatic hydroxyl groups is 1. The van der Waals surface area contributed by atoms with Gasteiger partial charge in [0.25, 0.3) is 0 Å². The standard InChI is InChI=1S/C30H32F2N2O4/c1-38-24-8-9-28-26(18-24)25(12-14-33-28)29(35)10-5-20-13-16-34(19-22(20)6-11-30(36)37)15-2-3-21-4-7-23(31)17-27(21)32/h4,7-9,12,14,17-18,20,22,29,35H,5-6,10-11,13,15-16,19H2,1H3,(H,36,37)/t20-,22-,29-/m1/s1. The molecule has 2 heterocycles. The maximum Gasteiger partial charge on any atom is 0.303 e. The number of methoxy groups -OCH3 is 1. The topological polar surface area (TPSA) is 82.9 Å². The Bertz CT molecular complexity index is 1340. The van der Waals surface area contributed by atoms with Gasteiger partial charge in [0.05, 0.1) is 30.8 Å². The molecule has 1 aliphatic heterocycles. The molecule has 2 N–H and O–H groups in total. The molecule has 0 aliphatic carbocycles. The molecule has 3 aromatic rings. The largest absolute Gasteiger partial charge is 0.497 e. The first-order valence-electron chi connectivity index (χ1n) is 12.8. The van der Waals surface area contributed by atoms with Gasteiger partial charge >= 0.3 is 5.97 Å². The Morgan fingerprint density at radius 1 is 1.18 bits per heavy atom. The second-order valence-corrected chi connectivity index (χ2v) is 9.78. The van der Waals surface area contributed by atoms with Crippen molar-refractivity contribution in [3.05, 3.63) is 71.4 Å². The van der Waals surface area contributed by atoms with Crippen molar-refractivity contribution in [3.63, 3.8) is 0 Å². The number of aliphatic carboxylic acids is 1. The molecule has 0 radical (unpaired) electrons. The lowest BCUT2D eigenvalue weighted by Gasteiger charge is -2.38. The Kier molecular flexibility index (Phi) is 9.27. The minimum absolute atomic E-state index is 0.0822. The fourth-order valence-electron chi connectivity index (χ4n) is 5.24. The fraction of sp³-hybridized carbons (Fsp3) is 0.400. The number of aromatic nitrogens is 1. The van der Waals surface area contributed by atoms with Crippen LogP contribution in [-0.2, 0) is 4.79 Å². The Morgan fingerprint density at radius 2 is 2.03 bits per heavy atom. The summed E-state index contributed by atoms with van der Waals surface area (Å²) in [4.78, 5) is 17.8. The molecule has 6 nitrogen and oxygen atoms in total. The molecule has 0 spiro atoms. The molecule has 200 valence electrons. The van der Waals surface area contributed by atoms with Gasteiger partial charge < -0.3 is 14.9 Å². The summed E-state index contributed by atoms with van der Waals surface area (Å²) in [6.45, 7) is 1.88. The summed E-state index contributed by atoms with van der Waals surface area (Å²) in [5, 5.41) is 21.2. The summed E-state index contributed by atoms with van der Waals surface area (Å²) in [6.07, 6.45) is 3.81. The zero-order valence-corrected chi connectivity index (χ0v) is 21.4. The zero-order valence-electron chi connectivity index (χ0n) is 21.4. The normalized spacial score (nSPS) is 18.5. The van der Waals surface area contributed by atoms with E-state index in [1.807, 2.05) is 24.3 Å². The first-order chi connectivity index (χ1) is 18.3. The lowest BCUT2D eigenvalue weighted by molar-refractivity contribution is -0.137. The Labute approximate surface area is 221 Å². The van der Waals surface area contributed by atoms with Crippen LogP contribution in [0.2, 0.25) is 0 Å². The number of pyridine rings is 1. The molecule has 0 unspecified atom stereocenters. The lowest BCUT2D eigenvalue weighted by atomic mass is 9.79. The number of benzene rings is 2. The number of fused-ring (bicyclic) bond motifs is 1. The highest BCUT2D eigenvalue weighted by molar-refractivity contribution is 5.83. The molecule has 38 heavy (non-hydrogen) atoms. The SMILES string of the molecule is COc1ccc2nccc([C@H](O)CC[C@@H]3CCN(CC#Cc4ccc(F)cc4F)C[C@H]3CCC(=O)O)c2c1. The number of ether oxygens (including phenoxy) is 1. The van der Waals surface area contributed by atoms with Gasteiger partial charge in [0.15, 0.2) is 0 Å². The third-order valence-electron chi connectivity index (χ3n) is 7.31. The molecule has 1 aromatic heterocycles. The Morgan fingerprint density at radius 3 is 2.79 bits per heavy atom. The van der Waals surface area contributed by atoms with E-state index in [1.54, 1.807) is 13.3 Å². The first-order valence-corrected chi connectivity index (χ1v) is 12.8. The molecule has 1 saturated heterocycles. The van der Waals surface area contributed by atoms with E-state index in [0.29, 0.717) is 31.7 Å². The van der Waals surface area contributed by atoms with Gasteiger partial charge in [-0.05, 0) is 86.0 Å². The van der Waals surface area contributed by atoms with Crippen LogP contribution in [0.15, 0.2) is 48.7 Å². The van der Waals surface area contributed by atoms with Crippen molar-refractivity contribution in [2.45, 2.75) is 38.2 Å². The van der Waals surface area contributed by atoms with Crippen LogP contribution >= 0.6 is 0 Å². The van der Waals surface area contributed by atoms with Gasteiger partial charge in [-0.25, -0.2) is 8.78 Å². The van der Waals surface area contributed by atoms with Crippen molar-refractivity contribution < 1.29 is 28.5 Å². The van der Waals surface area contributed by atoms with E-state index in [0.717, 1.165) is 41.9 Å². The second kappa shape index (κ2) is 12.8. The van der Waals surface area contributed by atoms with E-state index in [9.17, 15) is 23.8 Å². The third kappa shape index (κ3) is 7.06. The highest BCUT2D eigenvalue weighted by atomic mass is 19.1. The van der Waals surface area contributed by atoms with Crippen molar-refractivity contribution in [3.8, 4) is 17.6 Å². The first kappa shape index (κ1) is 27.5. The number of piperidine rings is 1. The summed E-state index contributed by atoms with van der Waals surface area (Å²) in [7, 11) is 1.60. The van der Waals surface area contributed by atoms with Gasteiger partial charge in [-0.2, -0.15) is 0 Å². The number of carboxylic acids is 1. The van der Waals surface area contributed by atoms with E-state index in [-0.39, 0.29) is 23.8 Å². The van der Waals surface area contributed by atoms with Crippen LogP contribution in [0.1, 0.15) is 49.3 Å². The monoisotopic (exact) mass is 522 g/mol. The summed E-state index contributed by atoms with van der Waals surface area (Å²) >= 11 is 0. The number of likely N-dealkylation sites (tertiary alicyclic amines) is 1. The number of nitrogens with zero attached hydrogens (tertiary/aromatic N) is 2. The molecule has 0 saturated carbocycles. The minimum Gasteiger partial charge on any atom is -0.497 e. The number of carbonyl (C=O) groups is 1. The van der Waals surface area contributed by atoms with Gasteiger partial charge in [-0.1, -0.05) is 11.8 Å². The van der Waals surface area contributed by atoms with Crippen molar-refractivity contribution in [1.29, 1.82) is 0 Å². The highest BCUT2D eigenvalue weighted by Crippen LogP contribution is 2.35. The predicted molar refractivity (Wildman–Crippen MR) is 141 cm³/mol. The van der Waals surface area contributed by atoms with Crippen LogP contribution in [0, 0.1) is 35.3 Å². The molecule has 2 aromatic carbocycles. The van der Waals surface area contributed by atoms with Gasteiger partial charge in [-0.15, -0.1) is 0 Å². The summed E-state index contributed by atoms with van der Waals surface area (Å²) in [6, 6.07) is 10.7. The molecule has 3 atom stereocenters. The number of hydrogen-bond acceptors (Lipinski definition) is 5. The van der Waals surface area contributed by atoms with Gasteiger partial charge in [0, 0.05) is 30.6 Å². The molecular formula is C30H32F2N2O4. The molecule has 1 fully saturated rings. The molecule has 1 aliphatic rings. The van der Waals surface area contributed by atoms with Crippen molar-refractivity contribution >= 4 is 16.9 Å². The fourth-order valence-corrected chi connectivity index (χ4v) is 5.24. The minimum atomic E-state index is -0.829. The average Bonchev–Trinajstić information content (AvgIpc) is 2.91. The average molecular weight is 523 g/mol. The maximum absolute atomic E-state index is 13.9. The van der Waals surface area contributed by atoms with Crippen LogP contribution in [0.4, 0.5) is 8.78 Å². The van der Waals surface area contributed by atoms with Crippen LogP contribution in [-0.4, -0.2) is 52.8 Å². The van der Waals surface area contributed by atoms with Crippen LogP contribution in [0.5, 0.6) is 5.75 Å². The second-order valence-electron chi connectivity index (χ2n) is 9.78. The number of aliphatic hydroxyl groups excluding tert-OH is 1. The smallest absolute Gasteiger partial charge is 0.303 e. The van der Waals surface area contributed by atoms with Crippen LogP contribution < -0.4 is 4.74 Å². The van der Waals surface area contributed by atoms with E-state index in [4.69, 9.17) is 4.74 Å². The Balaban J connectivity index is 1.40. The lowest BCUT2D eigenvalue weighted by Crippen LogP contribution is -2.41. The summed E-state index contributed by atoms with van der Waals surface area (Å²) in [5.74, 6) is 4.70. The molecule has 0 amide bonds. The van der Waals surface area contributed by atoms with Gasteiger partial charge in [0.1, 0.15) is 17.4 Å². The van der Waals surface area contributed by atoms with E-state index < -0.39 is 23.7 Å². The number of carboxylic acid groups (broad SMARTS) is 1. The van der Waals surface area contributed by atoms with Crippen LogP contribution in [0.3, 0.4) is 0 Å². The summed E-state index contributed by atoms with van der Waals surface area (Å²) < 4.78 is 32.3. The molecule has 4 rings (SSSR count). The van der Waals surface area contributed by atoms with Gasteiger partial charge in [0.2, 0.25) is 0 Å². The van der Waals surface area contributed by atoms with Crippen molar-refractivity contribution in [2.24, 2.45) is 11.8 Å². The highest BCUT2D eigenvalue weighted by Gasteiger charge is 2.30. The summed E-state index contributed by atoms with van der Waals surface area (Å²) in [5.41, 5.74) is 1.74.